The topological polar surface area (TPSA) is 99.2 Å². The van der Waals surface area contributed by atoms with Gasteiger partial charge in [-0.2, -0.15) is 14.6 Å². The van der Waals surface area contributed by atoms with Gasteiger partial charge >= 0.3 is 0 Å². The second-order valence-electron chi connectivity index (χ2n) is 7.99. The Morgan fingerprint density at radius 3 is 2.31 bits per heavy atom. The maximum atomic E-state index is 13.0. The number of benzene rings is 2. The van der Waals surface area contributed by atoms with Crippen molar-refractivity contribution in [3.8, 4) is 17.5 Å². The van der Waals surface area contributed by atoms with Gasteiger partial charge in [-0.25, -0.2) is 8.42 Å². The minimum absolute atomic E-state index is 0.161. The van der Waals surface area contributed by atoms with E-state index in [0.29, 0.717) is 31.1 Å². The van der Waals surface area contributed by atoms with Crippen molar-refractivity contribution in [2.24, 2.45) is 0 Å². The second-order valence-corrected chi connectivity index (χ2v) is 9.93. The van der Waals surface area contributed by atoms with E-state index < -0.39 is 10.0 Å². The minimum atomic E-state index is -3.52. The molecule has 166 valence electrons. The first kappa shape index (κ1) is 22.1. The fourth-order valence-corrected chi connectivity index (χ4v) is 5.25. The highest BCUT2D eigenvalue weighted by atomic mass is 32.2. The number of nitrogens with one attached hydrogen (secondary N) is 1. The molecule has 0 radical (unpaired) electrons. The average molecular weight is 451 g/mol. The predicted molar refractivity (Wildman–Crippen MR) is 122 cm³/mol. The van der Waals surface area contributed by atoms with E-state index in [2.05, 4.69) is 10.3 Å². The predicted octanol–water partition coefficient (Wildman–Crippen LogP) is 4.70. The molecule has 3 aromatic rings. The molecule has 1 saturated heterocycles. The summed E-state index contributed by atoms with van der Waals surface area (Å²) in [4.78, 5) is 4.53. The van der Waals surface area contributed by atoms with E-state index in [1.807, 2.05) is 37.3 Å². The van der Waals surface area contributed by atoms with Crippen molar-refractivity contribution in [1.82, 2.24) is 9.29 Å². The van der Waals surface area contributed by atoms with Gasteiger partial charge in [0.2, 0.25) is 27.5 Å². The first-order valence-electron chi connectivity index (χ1n) is 10.8. The monoisotopic (exact) mass is 450 g/mol. The van der Waals surface area contributed by atoms with Crippen molar-refractivity contribution in [3.05, 3.63) is 65.4 Å². The smallest absolute Gasteiger partial charge is 0.243 e. The third-order valence-corrected chi connectivity index (χ3v) is 7.52. The van der Waals surface area contributed by atoms with E-state index >= 15 is 0 Å². The van der Waals surface area contributed by atoms with Crippen LogP contribution >= 0.6 is 0 Å². The summed E-state index contributed by atoms with van der Waals surface area (Å²) < 4.78 is 33.3. The highest BCUT2D eigenvalue weighted by Crippen LogP contribution is 2.28. The number of rotatable bonds is 6. The van der Waals surface area contributed by atoms with Gasteiger partial charge in [0.1, 0.15) is 6.07 Å². The molecule has 1 aromatic heterocycles. The Bertz CT molecular complexity index is 1200. The fourth-order valence-electron chi connectivity index (χ4n) is 3.73. The molecule has 32 heavy (non-hydrogen) atoms. The molecule has 2 heterocycles. The lowest BCUT2D eigenvalue weighted by Gasteiger charge is -2.19. The Hall–Kier alpha value is -3.15. The van der Waals surface area contributed by atoms with Crippen LogP contribution in [0.1, 0.15) is 42.5 Å². The molecule has 0 unspecified atom stereocenters. The zero-order chi connectivity index (χ0) is 22.6. The van der Waals surface area contributed by atoms with Gasteiger partial charge in [0, 0.05) is 25.2 Å². The Kier molecular flexibility index (Phi) is 6.58. The molecule has 0 aliphatic carbocycles. The summed E-state index contributed by atoms with van der Waals surface area (Å²) in [7, 11) is -3.52. The first-order chi connectivity index (χ1) is 15.5. The highest BCUT2D eigenvalue weighted by Gasteiger charge is 2.25. The van der Waals surface area contributed by atoms with Crippen molar-refractivity contribution in [2.45, 2.75) is 44.0 Å². The van der Waals surface area contributed by atoms with E-state index in [1.165, 1.54) is 5.56 Å². The quantitative estimate of drug-likeness (QED) is 0.584. The summed E-state index contributed by atoms with van der Waals surface area (Å²) in [5.74, 6) is 0.566. The van der Waals surface area contributed by atoms with Crippen LogP contribution in [-0.4, -0.2) is 30.8 Å². The molecule has 4 rings (SSSR count). The largest absolute Gasteiger partial charge is 0.419 e. The zero-order valence-electron chi connectivity index (χ0n) is 18.0. The second kappa shape index (κ2) is 9.55. The van der Waals surface area contributed by atoms with Crippen LogP contribution in [0.25, 0.3) is 11.5 Å². The van der Waals surface area contributed by atoms with Crippen LogP contribution in [0.4, 0.5) is 5.88 Å². The summed E-state index contributed by atoms with van der Waals surface area (Å²) in [6.45, 7) is 3.64. The van der Waals surface area contributed by atoms with Crippen molar-refractivity contribution in [2.75, 3.05) is 18.4 Å². The zero-order valence-corrected chi connectivity index (χ0v) is 18.9. The highest BCUT2D eigenvalue weighted by molar-refractivity contribution is 7.89. The number of oxazole rings is 1. The van der Waals surface area contributed by atoms with Crippen LogP contribution < -0.4 is 5.32 Å². The average Bonchev–Trinajstić information content (AvgIpc) is 3.01. The van der Waals surface area contributed by atoms with Gasteiger partial charge < -0.3 is 9.73 Å². The van der Waals surface area contributed by atoms with Gasteiger partial charge in [-0.15, -0.1) is 0 Å². The van der Waals surface area contributed by atoms with Crippen molar-refractivity contribution < 1.29 is 12.8 Å². The third kappa shape index (κ3) is 4.85. The molecule has 1 fully saturated rings. The van der Waals surface area contributed by atoms with E-state index in [1.54, 1.807) is 28.6 Å². The van der Waals surface area contributed by atoms with Gasteiger partial charge in [-0.05, 0) is 49.6 Å². The van der Waals surface area contributed by atoms with Crippen LogP contribution in [0.5, 0.6) is 0 Å². The molecule has 1 aliphatic rings. The molecule has 0 bridgehead atoms. The van der Waals surface area contributed by atoms with Crippen molar-refractivity contribution in [1.29, 1.82) is 5.26 Å². The lowest BCUT2D eigenvalue weighted by atomic mass is 10.1. The van der Waals surface area contributed by atoms with Gasteiger partial charge in [0.05, 0.1) is 4.90 Å². The molecule has 7 nitrogen and oxygen atoms in total. The van der Waals surface area contributed by atoms with E-state index in [9.17, 15) is 13.7 Å². The summed E-state index contributed by atoms with van der Waals surface area (Å²) in [6, 6.07) is 16.6. The SMILES string of the molecule is Cc1ccc(CNc2oc(-c3ccc(S(=O)(=O)N4CCCCCC4)cc3)nc2C#N)cc1. The number of hydrogen-bond donors (Lipinski definition) is 1. The number of sulfonamides is 1. The molecular formula is C24H26N4O3S. The molecule has 0 atom stereocenters. The minimum Gasteiger partial charge on any atom is -0.419 e. The molecule has 1 aliphatic heterocycles. The van der Waals surface area contributed by atoms with Crippen LogP contribution in [0, 0.1) is 18.3 Å². The summed E-state index contributed by atoms with van der Waals surface area (Å²) in [5.41, 5.74) is 3.00. The summed E-state index contributed by atoms with van der Waals surface area (Å²) in [6.07, 6.45) is 3.92. The molecule has 0 spiro atoms. The van der Waals surface area contributed by atoms with Crippen molar-refractivity contribution in [3.63, 3.8) is 0 Å². The van der Waals surface area contributed by atoms with E-state index in [4.69, 9.17) is 4.42 Å². The Morgan fingerprint density at radius 1 is 1.03 bits per heavy atom. The molecule has 8 heteroatoms. The van der Waals surface area contributed by atoms with Gasteiger partial charge in [-0.1, -0.05) is 42.7 Å². The van der Waals surface area contributed by atoms with Crippen LogP contribution in [0.2, 0.25) is 0 Å². The van der Waals surface area contributed by atoms with Crippen LogP contribution in [0.15, 0.2) is 57.8 Å². The summed E-state index contributed by atoms with van der Waals surface area (Å²) in [5, 5.41) is 12.6. The molecule has 0 amide bonds. The number of aromatic nitrogens is 1. The Balaban J connectivity index is 1.51. The van der Waals surface area contributed by atoms with Gasteiger partial charge in [-0.3, -0.25) is 0 Å². The van der Waals surface area contributed by atoms with E-state index in [-0.39, 0.29) is 16.5 Å². The number of nitriles is 1. The maximum absolute atomic E-state index is 13.0. The van der Waals surface area contributed by atoms with Crippen LogP contribution in [-0.2, 0) is 16.6 Å². The first-order valence-corrected chi connectivity index (χ1v) is 12.2. The Morgan fingerprint density at radius 2 is 1.69 bits per heavy atom. The molecular weight excluding hydrogens is 424 g/mol. The summed E-state index contributed by atoms with van der Waals surface area (Å²) >= 11 is 0. The third-order valence-electron chi connectivity index (χ3n) is 5.61. The van der Waals surface area contributed by atoms with Crippen LogP contribution in [0.3, 0.4) is 0 Å². The maximum Gasteiger partial charge on any atom is 0.243 e. The Labute approximate surface area is 188 Å². The number of aryl methyl sites for hydroxylation is 1. The molecule has 0 saturated carbocycles. The number of hydrogen-bond acceptors (Lipinski definition) is 6. The fraction of sp³-hybridized carbons (Fsp3) is 0.333. The molecule has 1 N–H and O–H groups in total. The molecule has 2 aromatic carbocycles. The lowest BCUT2D eigenvalue weighted by Crippen LogP contribution is -2.31. The number of anilines is 1. The van der Waals surface area contributed by atoms with Gasteiger partial charge in [0.15, 0.2) is 0 Å². The standard InChI is InChI=1S/C24H26N4O3S/c1-18-6-8-19(9-7-18)17-26-24-22(16-25)27-23(31-24)20-10-12-21(13-11-20)32(29,30)28-14-4-2-3-5-15-28/h6-13,26H,2-5,14-15,17H2,1H3. The van der Waals surface area contributed by atoms with Gasteiger partial charge in [0.25, 0.3) is 0 Å². The normalized spacial score (nSPS) is 15.1. The van der Waals surface area contributed by atoms with E-state index in [0.717, 1.165) is 31.2 Å². The lowest BCUT2D eigenvalue weighted by molar-refractivity contribution is 0.423. The number of nitrogens with zero attached hydrogens (tertiary/aromatic N) is 3. The van der Waals surface area contributed by atoms with Crippen molar-refractivity contribution >= 4 is 15.9 Å².